The molecule has 0 unspecified atom stereocenters. The Morgan fingerprint density at radius 1 is 1.17 bits per heavy atom. The largest absolute Gasteiger partial charge is 0.355 e. The van der Waals surface area contributed by atoms with Crippen molar-refractivity contribution in [2.45, 2.75) is 32.6 Å². The predicted octanol–water partition coefficient (Wildman–Crippen LogP) is 1.34. The van der Waals surface area contributed by atoms with Gasteiger partial charge in [-0.1, -0.05) is 19.9 Å². The zero-order valence-corrected chi connectivity index (χ0v) is 12.2. The van der Waals surface area contributed by atoms with Gasteiger partial charge in [-0.3, -0.25) is 4.79 Å². The highest BCUT2D eigenvalue weighted by molar-refractivity contribution is 7.89. The molecule has 0 saturated heterocycles. The number of rotatable bonds is 2. The molecule has 18 heavy (non-hydrogen) atoms. The van der Waals surface area contributed by atoms with Crippen LogP contribution in [0.5, 0.6) is 0 Å². The van der Waals surface area contributed by atoms with Gasteiger partial charge in [0, 0.05) is 12.6 Å². The Kier molecular flexibility index (Phi) is 6.00. The van der Waals surface area contributed by atoms with Crippen LogP contribution in [0, 0.1) is 13.8 Å². The average molecular weight is 272 g/mol. The standard InChI is InChI=1S/C10H14N2O3S.C2H6/c1-6-4-7(2)9(16(11,14)15)5-8(6)10(13)12-3;1-2/h4-5H,1-3H3,(H,12,13)(H2,11,14,15);1-2H3. The molecule has 0 aliphatic carbocycles. The van der Waals surface area contributed by atoms with Crippen LogP contribution in [-0.2, 0) is 10.0 Å². The molecule has 0 spiro atoms. The van der Waals surface area contributed by atoms with Crippen LogP contribution in [0.4, 0.5) is 0 Å². The van der Waals surface area contributed by atoms with Crippen LogP contribution >= 0.6 is 0 Å². The first-order chi connectivity index (χ1) is 8.27. The van der Waals surface area contributed by atoms with E-state index in [-0.39, 0.29) is 10.8 Å². The van der Waals surface area contributed by atoms with Gasteiger partial charge < -0.3 is 5.32 Å². The highest BCUT2D eigenvalue weighted by Gasteiger charge is 2.16. The molecule has 102 valence electrons. The number of hydrogen-bond acceptors (Lipinski definition) is 3. The molecule has 0 heterocycles. The molecule has 3 N–H and O–H groups in total. The molecule has 0 aromatic heterocycles. The fraction of sp³-hybridized carbons (Fsp3) is 0.417. The Bertz CT molecular complexity index is 536. The van der Waals surface area contributed by atoms with E-state index in [1.807, 2.05) is 13.8 Å². The maximum Gasteiger partial charge on any atom is 0.251 e. The SMILES string of the molecule is CC.CNC(=O)c1cc(S(N)(=O)=O)c(C)cc1C. The summed E-state index contributed by atoms with van der Waals surface area (Å²) in [6, 6.07) is 2.93. The number of nitrogens with two attached hydrogens (primary N) is 1. The van der Waals surface area contributed by atoms with Gasteiger partial charge in [0.2, 0.25) is 10.0 Å². The Morgan fingerprint density at radius 3 is 2.06 bits per heavy atom. The third kappa shape index (κ3) is 3.82. The molecule has 6 heteroatoms. The van der Waals surface area contributed by atoms with Crippen LogP contribution in [0.3, 0.4) is 0 Å². The summed E-state index contributed by atoms with van der Waals surface area (Å²) in [4.78, 5) is 11.5. The number of amides is 1. The summed E-state index contributed by atoms with van der Waals surface area (Å²) in [5, 5.41) is 7.50. The van der Waals surface area contributed by atoms with Crippen molar-refractivity contribution >= 4 is 15.9 Å². The van der Waals surface area contributed by atoms with E-state index in [1.54, 1.807) is 19.9 Å². The van der Waals surface area contributed by atoms with Crippen molar-refractivity contribution in [2.24, 2.45) is 5.14 Å². The summed E-state index contributed by atoms with van der Waals surface area (Å²) in [5.74, 6) is -0.331. The Morgan fingerprint density at radius 2 is 1.67 bits per heavy atom. The van der Waals surface area contributed by atoms with Crippen molar-refractivity contribution in [1.29, 1.82) is 0 Å². The molecule has 0 aliphatic heterocycles. The average Bonchev–Trinajstić information content (AvgIpc) is 2.29. The summed E-state index contributed by atoms with van der Waals surface area (Å²) in [6.07, 6.45) is 0. The summed E-state index contributed by atoms with van der Waals surface area (Å²) in [7, 11) is -2.31. The molecule has 5 nitrogen and oxygen atoms in total. The van der Waals surface area contributed by atoms with Gasteiger partial charge in [-0.2, -0.15) is 0 Å². The number of nitrogens with one attached hydrogen (secondary N) is 1. The topological polar surface area (TPSA) is 89.3 Å². The second-order valence-electron chi connectivity index (χ2n) is 3.56. The number of aryl methyl sites for hydroxylation is 2. The first-order valence-electron chi connectivity index (χ1n) is 5.63. The van der Waals surface area contributed by atoms with Crippen LogP contribution < -0.4 is 10.5 Å². The van der Waals surface area contributed by atoms with E-state index in [0.29, 0.717) is 16.7 Å². The fourth-order valence-electron chi connectivity index (χ4n) is 1.52. The fourth-order valence-corrected chi connectivity index (χ4v) is 2.31. The molecule has 1 aromatic rings. The smallest absolute Gasteiger partial charge is 0.251 e. The molecule has 1 rings (SSSR count). The molecule has 1 aromatic carbocycles. The number of sulfonamides is 1. The maximum atomic E-state index is 11.5. The van der Waals surface area contributed by atoms with Crippen LogP contribution in [0.15, 0.2) is 17.0 Å². The molecule has 0 fully saturated rings. The zero-order valence-electron chi connectivity index (χ0n) is 11.4. The highest BCUT2D eigenvalue weighted by atomic mass is 32.2. The maximum absolute atomic E-state index is 11.5. The number of hydrogen-bond donors (Lipinski definition) is 2. The number of carbonyl (C=O) groups excluding carboxylic acids is 1. The van der Waals surface area contributed by atoms with Gasteiger partial charge in [-0.05, 0) is 31.0 Å². The lowest BCUT2D eigenvalue weighted by molar-refractivity contribution is 0.0962. The van der Waals surface area contributed by atoms with E-state index >= 15 is 0 Å². The summed E-state index contributed by atoms with van der Waals surface area (Å²) in [5.41, 5.74) is 1.56. The first kappa shape index (κ1) is 16.6. The third-order valence-corrected chi connectivity index (χ3v) is 3.35. The van der Waals surface area contributed by atoms with Crippen LogP contribution in [-0.4, -0.2) is 21.4 Å². The molecule has 0 radical (unpaired) electrons. The van der Waals surface area contributed by atoms with Crippen LogP contribution in [0.1, 0.15) is 35.3 Å². The quantitative estimate of drug-likeness (QED) is 0.851. The zero-order chi connectivity index (χ0) is 14.5. The lowest BCUT2D eigenvalue weighted by atomic mass is 10.1. The van der Waals surface area contributed by atoms with Crippen molar-refractivity contribution in [1.82, 2.24) is 5.32 Å². The molecule has 1 amide bonds. The highest BCUT2D eigenvalue weighted by Crippen LogP contribution is 2.19. The minimum atomic E-state index is -3.79. The Balaban J connectivity index is 0.00000137. The van der Waals surface area contributed by atoms with Gasteiger partial charge >= 0.3 is 0 Å². The van der Waals surface area contributed by atoms with E-state index in [9.17, 15) is 13.2 Å². The van der Waals surface area contributed by atoms with E-state index < -0.39 is 10.0 Å². The molecule has 0 bridgehead atoms. The van der Waals surface area contributed by atoms with Crippen molar-refractivity contribution in [3.05, 3.63) is 28.8 Å². The van der Waals surface area contributed by atoms with Gasteiger partial charge in [-0.25, -0.2) is 13.6 Å². The van der Waals surface area contributed by atoms with Crippen LogP contribution in [0.25, 0.3) is 0 Å². The number of benzene rings is 1. The van der Waals surface area contributed by atoms with Gasteiger partial charge in [-0.15, -0.1) is 0 Å². The lowest BCUT2D eigenvalue weighted by Gasteiger charge is -2.09. The van der Waals surface area contributed by atoms with E-state index in [0.717, 1.165) is 0 Å². The Hall–Kier alpha value is -1.40. The summed E-state index contributed by atoms with van der Waals surface area (Å²) < 4.78 is 22.5. The second kappa shape index (κ2) is 6.51. The minimum absolute atomic E-state index is 0.0169. The third-order valence-electron chi connectivity index (χ3n) is 2.30. The molecule has 0 atom stereocenters. The van der Waals surface area contributed by atoms with E-state index in [1.165, 1.54) is 13.1 Å². The van der Waals surface area contributed by atoms with Crippen molar-refractivity contribution in [3.8, 4) is 0 Å². The first-order valence-corrected chi connectivity index (χ1v) is 7.18. The van der Waals surface area contributed by atoms with Gasteiger partial charge in [0.1, 0.15) is 0 Å². The number of primary sulfonamides is 1. The monoisotopic (exact) mass is 272 g/mol. The lowest BCUT2D eigenvalue weighted by Crippen LogP contribution is -2.21. The molecular formula is C12H20N2O3S. The second-order valence-corrected chi connectivity index (χ2v) is 5.09. The van der Waals surface area contributed by atoms with E-state index in [2.05, 4.69) is 5.32 Å². The van der Waals surface area contributed by atoms with Crippen LogP contribution in [0.2, 0.25) is 0 Å². The van der Waals surface area contributed by atoms with Crippen molar-refractivity contribution in [2.75, 3.05) is 7.05 Å². The minimum Gasteiger partial charge on any atom is -0.355 e. The van der Waals surface area contributed by atoms with Gasteiger partial charge in [0.05, 0.1) is 4.90 Å². The predicted molar refractivity (Wildman–Crippen MR) is 72.0 cm³/mol. The molecular weight excluding hydrogens is 252 g/mol. The summed E-state index contributed by atoms with van der Waals surface area (Å²) >= 11 is 0. The van der Waals surface area contributed by atoms with E-state index in [4.69, 9.17) is 5.14 Å². The van der Waals surface area contributed by atoms with Gasteiger partial charge in [0.25, 0.3) is 5.91 Å². The van der Waals surface area contributed by atoms with Crippen molar-refractivity contribution in [3.63, 3.8) is 0 Å². The normalized spacial score (nSPS) is 10.3. The molecule has 0 saturated carbocycles. The Labute approximate surface area is 108 Å². The number of carbonyl (C=O) groups is 1. The van der Waals surface area contributed by atoms with Gasteiger partial charge in [0.15, 0.2) is 0 Å². The van der Waals surface area contributed by atoms with Crippen molar-refractivity contribution < 1.29 is 13.2 Å². The molecule has 0 aliphatic rings. The summed E-state index contributed by atoms with van der Waals surface area (Å²) in [6.45, 7) is 7.38.